The molecule has 14 heavy (non-hydrogen) atoms. The third-order valence-corrected chi connectivity index (χ3v) is 4.48. The first kappa shape index (κ1) is 9.17. The standard InChI is InChI=1S/C12H10Br2/c13-12(14)11-6-7-5-10(11)9-4-2-1-3-8(7)9/h1-4,7,10H,5-6H2. The van der Waals surface area contributed by atoms with Crippen molar-refractivity contribution in [2.75, 3.05) is 0 Å². The molecule has 0 spiro atoms. The van der Waals surface area contributed by atoms with Gasteiger partial charge in [-0.1, -0.05) is 24.3 Å². The van der Waals surface area contributed by atoms with E-state index < -0.39 is 0 Å². The number of rotatable bonds is 0. The SMILES string of the molecule is BrC(Br)=C1CC2CC1c1ccccc12. The lowest BCUT2D eigenvalue weighted by molar-refractivity contribution is 0.757. The number of halogens is 2. The van der Waals surface area contributed by atoms with E-state index in [-0.39, 0.29) is 0 Å². The molecule has 72 valence electrons. The van der Waals surface area contributed by atoms with Gasteiger partial charge in [0.1, 0.15) is 0 Å². The molecule has 0 amide bonds. The Morgan fingerprint density at radius 1 is 1.14 bits per heavy atom. The highest BCUT2D eigenvalue weighted by atomic mass is 79.9. The molecule has 2 aliphatic rings. The highest BCUT2D eigenvalue weighted by Crippen LogP contribution is 2.57. The second kappa shape index (κ2) is 3.21. The molecule has 1 fully saturated rings. The summed E-state index contributed by atoms with van der Waals surface area (Å²) in [4.78, 5) is 0. The quantitative estimate of drug-likeness (QED) is 0.653. The molecule has 0 aliphatic heterocycles. The average Bonchev–Trinajstić information content (AvgIpc) is 2.75. The Kier molecular flexibility index (Phi) is 2.10. The highest BCUT2D eigenvalue weighted by Gasteiger charge is 2.40. The van der Waals surface area contributed by atoms with Crippen LogP contribution in [0.3, 0.4) is 0 Å². The summed E-state index contributed by atoms with van der Waals surface area (Å²) in [5.41, 5.74) is 4.69. The van der Waals surface area contributed by atoms with Crippen molar-refractivity contribution < 1.29 is 0 Å². The van der Waals surface area contributed by atoms with Crippen LogP contribution in [-0.2, 0) is 0 Å². The summed E-state index contributed by atoms with van der Waals surface area (Å²) in [6.07, 6.45) is 2.54. The van der Waals surface area contributed by atoms with Gasteiger partial charge < -0.3 is 0 Å². The van der Waals surface area contributed by atoms with E-state index in [1.807, 2.05) is 0 Å². The average molecular weight is 314 g/mol. The molecule has 2 heteroatoms. The van der Waals surface area contributed by atoms with Crippen molar-refractivity contribution in [2.45, 2.75) is 24.7 Å². The van der Waals surface area contributed by atoms with Crippen molar-refractivity contribution in [3.63, 3.8) is 0 Å². The minimum atomic E-state index is 0.671. The number of allylic oxidation sites excluding steroid dienone is 1. The maximum absolute atomic E-state index is 3.55. The van der Waals surface area contributed by atoms with Crippen molar-refractivity contribution in [3.8, 4) is 0 Å². The van der Waals surface area contributed by atoms with Crippen LogP contribution in [0.2, 0.25) is 0 Å². The number of hydrogen-bond donors (Lipinski definition) is 0. The zero-order chi connectivity index (χ0) is 9.71. The van der Waals surface area contributed by atoms with Gasteiger partial charge in [0, 0.05) is 5.92 Å². The Balaban J connectivity index is 2.16. The van der Waals surface area contributed by atoms with Crippen LogP contribution in [0, 0.1) is 0 Å². The van der Waals surface area contributed by atoms with E-state index in [0.717, 1.165) is 5.92 Å². The third kappa shape index (κ3) is 1.17. The van der Waals surface area contributed by atoms with Gasteiger partial charge in [-0.15, -0.1) is 0 Å². The zero-order valence-electron chi connectivity index (χ0n) is 7.63. The van der Waals surface area contributed by atoms with Crippen LogP contribution in [0.4, 0.5) is 0 Å². The molecule has 0 aromatic heterocycles. The van der Waals surface area contributed by atoms with Crippen molar-refractivity contribution in [1.29, 1.82) is 0 Å². The fourth-order valence-electron chi connectivity index (χ4n) is 2.88. The Hall–Kier alpha value is -0.0800. The van der Waals surface area contributed by atoms with E-state index >= 15 is 0 Å². The molecule has 2 unspecified atom stereocenters. The third-order valence-electron chi connectivity index (χ3n) is 3.46. The molecule has 2 aliphatic carbocycles. The predicted octanol–water partition coefficient (Wildman–Crippen LogP) is 4.66. The molecule has 2 atom stereocenters. The number of hydrogen-bond acceptors (Lipinski definition) is 0. The van der Waals surface area contributed by atoms with Gasteiger partial charge in [-0.05, 0) is 67.3 Å². The largest absolute Gasteiger partial charge is 0.0620 e. The van der Waals surface area contributed by atoms with Crippen LogP contribution in [0.5, 0.6) is 0 Å². The van der Waals surface area contributed by atoms with Crippen molar-refractivity contribution in [3.05, 3.63) is 44.4 Å². The summed E-state index contributed by atoms with van der Waals surface area (Å²) < 4.78 is 1.17. The molecule has 1 aromatic carbocycles. The van der Waals surface area contributed by atoms with Crippen LogP contribution >= 0.6 is 31.9 Å². The lowest BCUT2D eigenvalue weighted by atomic mass is 9.89. The number of benzene rings is 1. The Labute approximate surface area is 101 Å². The Bertz CT molecular complexity index is 416. The van der Waals surface area contributed by atoms with E-state index in [1.165, 1.54) is 16.2 Å². The first-order chi connectivity index (χ1) is 6.77. The first-order valence-electron chi connectivity index (χ1n) is 4.90. The van der Waals surface area contributed by atoms with Gasteiger partial charge in [0.2, 0.25) is 0 Å². The maximum atomic E-state index is 3.55. The smallest absolute Gasteiger partial charge is 0.0602 e. The van der Waals surface area contributed by atoms with E-state index in [9.17, 15) is 0 Å². The predicted molar refractivity (Wildman–Crippen MR) is 66.0 cm³/mol. The highest BCUT2D eigenvalue weighted by molar-refractivity contribution is 9.28. The molecule has 0 nitrogen and oxygen atoms in total. The van der Waals surface area contributed by atoms with E-state index in [4.69, 9.17) is 0 Å². The fraction of sp³-hybridized carbons (Fsp3) is 0.333. The van der Waals surface area contributed by atoms with Gasteiger partial charge in [-0.3, -0.25) is 0 Å². The molecular formula is C12H10Br2. The minimum absolute atomic E-state index is 0.671. The zero-order valence-corrected chi connectivity index (χ0v) is 10.8. The van der Waals surface area contributed by atoms with Crippen molar-refractivity contribution in [1.82, 2.24) is 0 Å². The van der Waals surface area contributed by atoms with Gasteiger partial charge in [-0.25, -0.2) is 0 Å². The minimum Gasteiger partial charge on any atom is -0.0620 e. The van der Waals surface area contributed by atoms with E-state index in [0.29, 0.717) is 5.92 Å². The van der Waals surface area contributed by atoms with Gasteiger partial charge in [0.15, 0.2) is 0 Å². The van der Waals surface area contributed by atoms with Gasteiger partial charge in [0.05, 0.1) is 3.39 Å². The molecule has 0 radical (unpaired) electrons. The summed E-state index contributed by atoms with van der Waals surface area (Å²) in [6.45, 7) is 0. The lowest BCUT2D eigenvalue weighted by Crippen LogP contribution is -2.00. The molecule has 0 saturated heterocycles. The Morgan fingerprint density at radius 2 is 1.86 bits per heavy atom. The topological polar surface area (TPSA) is 0 Å². The maximum Gasteiger partial charge on any atom is 0.0602 e. The molecule has 0 N–H and O–H groups in total. The number of fused-ring (bicyclic) bond motifs is 5. The van der Waals surface area contributed by atoms with Crippen LogP contribution < -0.4 is 0 Å². The van der Waals surface area contributed by atoms with Gasteiger partial charge in [-0.2, -0.15) is 0 Å². The van der Waals surface area contributed by atoms with Crippen molar-refractivity contribution in [2.24, 2.45) is 0 Å². The van der Waals surface area contributed by atoms with Crippen LogP contribution in [-0.4, -0.2) is 0 Å². The molecule has 0 heterocycles. The molecule has 2 bridgehead atoms. The van der Waals surface area contributed by atoms with Gasteiger partial charge >= 0.3 is 0 Å². The summed E-state index contributed by atoms with van der Waals surface area (Å²) >= 11 is 7.10. The summed E-state index contributed by atoms with van der Waals surface area (Å²) in [7, 11) is 0. The fourth-order valence-corrected chi connectivity index (χ4v) is 3.75. The van der Waals surface area contributed by atoms with E-state index in [2.05, 4.69) is 56.1 Å². The van der Waals surface area contributed by atoms with Gasteiger partial charge in [0.25, 0.3) is 0 Å². The Morgan fingerprint density at radius 3 is 2.57 bits per heavy atom. The lowest BCUT2D eigenvalue weighted by Gasteiger charge is -2.18. The second-order valence-electron chi connectivity index (χ2n) is 4.10. The van der Waals surface area contributed by atoms with Crippen molar-refractivity contribution >= 4 is 31.9 Å². The molecule has 1 aromatic rings. The normalized spacial score (nSPS) is 28.0. The second-order valence-corrected chi connectivity index (χ2v) is 6.75. The summed E-state index contributed by atoms with van der Waals surface area (Å²) in [6, 6.07) is 8.88. The van der Waals surface area contributed by atoms with Crippen LogP contribution in [0.1, 0.15) is 35.8 Å². The first-order valence-corrected chi connectivity index (χ1v) is 6.49. The molecule has 3 rings (SSSR count). The molecular weight excluding hydrogens is 304 g/mol. The monoisotopic (exact) mass is 312 g/mol. The van der Waals surface area contributed by atoms with Crippen LogP contribution in [0.25, 0.3) is 0 Å². The van der Waals surface area contributed by atoms with Crippen LogP contribution in [0.15, 0.2) is 33.2 Å². The summed E-state index contributed by atoms with van der Waals surface area (Å²) in [5.74, 6) is 1.45. The summed E-state index contributed by atoms with van der Waals surface area (Å²) in [5, 5.41) is 0. The van der Waals surface area contributed by atoms with E-state index in [1.54, 1.807) is 16.7 Å². The molecule has 1 saturated carbocycles.